The highest BCUT2D eigenvalue weighted by Gasteiger charge is 2.35. The van der Waals surface area contributed by atoms with Gasteiger partial charge in [0.1, 0.15) is 0 Å². The van der Waals surface area contributed by atoms with Crippen LogP contribution in [-0.4, -0.2) is 45.1 Å². The molecule has 1 aliphatic carbocycles. The average Bonchev–Trinajstić information content (AvgIpc) is 3.41. The van der Waals surface area contributed by atoms with Gasteiger partial charge in [-0.2, -0.15) is 0 Å². The van der Waals surface area contributed by atoms with Crippen molar-refractivity contribution in [1.82, 2.24) is 15.0 Å². The lowest BCUT2D eigenvalue weighted by atomic mass is 9.88. The number of aromatic nitrogens is 2. The summed E-state index contributed by atoms with van der Waals surface area (Å²) < 4.78 is 5.55. The summed E-state index contributed by atoms with van der Waals surface area (Å²) >= 11 is 0. The maximum Gasteiger partial charge on any atom is 0.308 e. The molecule has 0 spiro atoms. The fourth-order valence-corrected chi connectivity index (χ4v) is 4.28. The maximum atomic E-state index is 13.6. The molecule has 0 aromatic carbocycles. The van der Waals surface area contributed by atoms with Gasteiger partial charge >= 0.3 is 5.97 Å². The third-order valence-corrected chi connectivity index (χ3v) is 5.76. The first-order chi connectivity index (χ1) is 13.6. The third-order valence-electron chi connectivity index (χ3n) is 5.76. The predicted octanol–water partition coefficient (Wildman–Crippen LogP) is 3.87. The highest BCUT2D eigenvalue weighted by atomic mass is 16.5. The predicted molar refractivity (Wildman–Crippen MR) is 108 cm³/mol. The zero-order valence-electron chi connectivity index (χ0n) is 17.6. The number of hydrogen-bond acceptors (Lipinski definition) is 5. The monoisotopic (exact) mass is 399 g/mol. The van der Waals surface area contributed by atoms with Gasteiger partial charge in [-0.15, -0.1) is 0 Å². The highest BCUT2D eigenvalue weighted by molar-refractivity contribution is 6.06. The number of fused-ring (bicyclic) bond motifs is 1. The molecule has 156 valence electrons. The molecule has 29 heavy (non-hydrogen) atoms. The third kappa shape index (κ3) is 4.14. The van der Waals surface area contributed by atoms with Crippen molar-refractivity contribution >= 4 is 23.0 Å². The lowest BCUT2D eigenvalue weighted by Crippen LogP contribution is -2.45. The number of pyridine rings is 1. The summed E-state index contributed by atoms with van der Waals surface area (Å²) in [7, 11) is 0. The van der Waals surface area contributed by atoms with Crippen molar-refractivity contribution in [3.8, 4) is 0 Å². The minimum absolute atomic E-state index is 0.0205. The number of carbonyl (C=O) groups excluding carboxylic acids is 1. The first-order valence-corrected chi connectivity index (χ1v) is 10.4. The number of carbonyl (C=O) groups is 2. The van der Waals surface area contributed by atoms with Crippen LogP contribution in [0.1, 0.15) is 74.6 Å². The Bertz CT molecular complexity index is 955. The van der Waals surface area contributed by atoms with E-state index < -0.39 is 11.9 Å². The molecule has 2 fully saturated rings. The summed E-state index contributed by atoms with van der Waals surface area (Å²) in [4.78, 5) is 31.5. The fraction of sp³-hybridized carbons (Fsp3) is 0.636. The van der Waals surface area contributed by atoms with E-state index in [-0.39, 0.29) is 23.8 Å². The van der Waals surface area contributed by atoms with Gasteiger partial charge in [0, 0.05) is 24.7 Å². The van der Waals surface area contributed by atoms with E-state index in [4.69, 9.17) is 4.52 Å². The van der Waals surface area contributed by atoms with Gasteiger partial charge < -0.3 is 14.5 Å². The van der Waals surface area contributed by atoms with E-state index in [1.165, 1.54) is 0 Å². The molecule has 2 aromatic rings. The minimum Gasteiger partial charge on any atom is -0.481 e. The zero-order chi connectivity index (χ0) is 20.9. The normalized spacial score (nSPS) is 22.8. The molecule has 7 nitrogen and oxygen atoms in total. The number of amides is 1. The summed E-state index contributed by atoms with van der Waals surface area (Å²) in [6.45, 7) is 9.14. The summed E-state index contributed by atoms with van der Waals surface area (Å²) in [5.74, 6) is -0.999. The van der Waals surface area contributed by atoms with Crippen molar-refractivity contribution in [1.29, 1.82) is 0 Å². The molecule has 4 rings (SSSR count). The zero-order valence-corrected chi connectivity index (χ0v) is 17.6. The lowest BCUT2D eigenvalue weighted by Gasteiger charge is -2.34. The number of aliphatic carboxylic acids is 1. The van der Waals surface area contributed by atoms with E-state index >= 15 is 0 Å². The van der Waals surface area contributed by atoms with Crippen molar-refractivity contribution in [3.63, 3.8) is 0 Å². The van der Waals surface area contributed by atoms with Gasteiger partial charge in [-0.1, -0.05) is 32.9 Å². The van der Waals surface area contributed by atoms with Crippen LogP contribution in [0.2, 0.25) is 0 Å². The van der Waals surface area contributed by atoms with Crippen molar-refractivity contribution in [3.05, 3.63) is 23.0 Å². The minimum atomic E-state index is -0.841. The van der Waals surface area contributed by atoms with Gasteiger partial charge in [-0.05, 0) is 43.1 Å². The second-order valence-electron chi connectivity index (χ2n) is 10.0. The summed E-state index contributed by atoms with van der Waals surface area (Å²) in [6.07, 6.45) is 3.40. The topological polar surface area (TPSA) is 96.5 Å². The van der Waals surface area contributed by atoms with Crippen LogP contribution in [0.3, 0.4) is 0 Å². The van der Waals surface area contributed by atoms with Crippen molar-refractivity contribution in [2.45, 2.75) is 59.3 Å². The molecule has 2 atom stereocenters. The Hall–Kier alpha value is -2.44. The molecule has 1 saturated carbocycles. The van der Waals surface area contributed by atoms with Crippen LogP contribution in [0.4, 0.5) is 0 Å². The smallest absolute Gasteiger partial charge is 0.308 e. The van der Waals surface area contributed by atoms with Crippen molar-refractivity contribution in [2.75, 3.05) is 13.1 Å². The molecular formula is C22H29N3O4. The number of rotatable bonds is 4. The molecule has 1 N–H and O–H groups in total. The second-order valence-corrected chi connectivity index (χ2v) is 10.0. The molecule has 0 bridgehead atoms. The van der Waals surface area contributed by atoms with Crippen LogP contribution in [0, 0.1) is 17.3 Å². The molecule has 1 aliphatic heterocycles. The average molecular weight is 399 g/mol. The summed E-state index contributed by atoms with van der Waals surface area (Å²) in [6, 6.07) is 1.89. The molecule has 2 unspecified atom stereocenters. The molecule has 1 saturated heterocycles. The molecule has 3 heterocycles. The van der Waals surface area contributed by atoms with Crippen LogP contribution >= 0.6 is 0 Å². The van der Waals surface area contributed by atoms with Crippen LogP contribution in [0.25, 0.3) is 11.1 Å². The maximum absolute atomic E-state index is 13.6. The van der Waals surface area contributed by atoms with Crippen molar-refractivity contribution in [2.24, 2.45) is 17.3 Å². The van der Waals surface area contributed by atoms with E-state index in [1.54, 1.807) is 4.90 Å². The quantitative estimate of drug-likeness (QED) is 0.838. The number of likely N-dealkylation sites (tertiary alicyclic amines) is 1. The molecule has 2 aromatic heterocycles. The first kappa shape index (κ1) is 19.9. The van der Waals surface area contributed by atoms with E-state index in [0.717, 1.165) is 24.2 Å². The van der Waals surface area contributed by atoms with Crippen molar-refractivity contribution < 1.29 is 19.2 Å². The Morgan fingerprint density at radius 3 is 2.62 bits per heavy atom. The number of hydrogen-bond donors (Lipinski definition) is 1. The standard InChI is InChI=1S/C22H29N3O4/c1-12-7-14(21(27)28)11-25(10-12)20(26)15-8-16(13-5-6-13)23-19-18(15)17(24-29-19)9-22(2,3)4/h8,12-14H,5-7,9-11H2,1-4H3,(H,27,28). The van der Waals surface area contributed by atoms with E-state index in [2.05, 4.69) is 30.9 Å². The van der Waals surface area contributed by atoms with Crippen LogP contribution in [-0.2, 0) is 11.2 Å². The highest BCUT2D eigenvalue weighted by Crippen LogP contribution is 2.41. The van der Waals surface area contributed by atoms with E-state index in [0.29, 0.717) is 42.0 Å². The van der Waals surface area contributed by atoms with E-state index in [9.17, 15) is 14.7 Å². The number of carboxylic acids is 1. The van der Waals surface area contributed by atoms with Gasteiger partial charge in [0.15, 0.2) is 0 Å². The SMILES string of the molecule is CC1CC(C(=O)O)CN(C(=O)c2cc(C3CC3)nc3onc(CC(C)(C)C)c23)C1. The van der Waals surface area contributed by atoms with Crippen LogP contribution in [0.5, 0.6) is 0 Å². The van der Waals surface area contributed by atoms with E-state index in [1.807, 2.05) is 13.0 Å². The van der Waals surface area contributed by atoms with Crippen LogP contribution < -0.4 is 0 Å². The van der Waals surface area contributed by atoms with Gasteiger partial charge in [0.25, 0.3) is 11.6 Å². The summed E-state index contributed by atoms with van der Waals surface area (Å²) in [5.41, 5.74) is 2.56. The van der Waals surface area contributed by atoms with Gasteiger partial charge in [0.05, 0.1) is 22.6 Å². The Labute approximate surface area is 170 Å². The number of carboxylic acid groups (broad SMARTS) is 1. The Morgan fingerprint density at radius 2 is 2.00 bits per heavy atom. The Balaban J connectivity index is 1.77. The Kier molecular flexibility index (Phi) is 4.87. The number of nitrogens with zero attached hydrogens (tertiary/aromatic N) is 3. The van der Waals surface area contributed by atoms with Gasteiger partial charge in [-0.25, -0.2) is 4.98 Å². The molecule has 7 heteroatoms. The molecule has 2 aliphatic rings. The molecule has 1 amide bonds. The van der Waals surface area contributed by atoms with Gasteiger partial charge in [0.2, 0.25) is 0 Å². The first-order valence-electron chi connectivity index (χ1n) is 10.4. The molecular weight excluding hydrogens is 370 g/mol. The second kappa shape index (κ2) is 7.11. The van der Waals surface area contributed by atoms with Crippen LogP contribution in [0.15, 0.2) is 10.6 Å². The largest absolute Gasteiger partial charge is 0.481 e. The fourth-order valence-electron chi connectivity index (χ4n) is 4.28. The summed E-state index contributed by atoms with van der Waals surface area (Å²) in [5, 5.41) is 14.4. The Morgan fingerprint density at radius 1 is 1.28 bits per heavy atom. The lowest BCUT2D eigenvalue weighted by molar-refractivity contribution is -0.143. The van der Waals surface area contributed by atoms with Gasteiger partial charge in [-0.3, -0.25) is 9.59 Å². The number of piperidine rings is 1. The molecule has 0 radical (unpaired) electrons.